The van der Waals surface area contributed by atoms with E-state index in [1.54, 1.807) is 0 Å². The van der Waals surface area contributed by atoms with Crippen molar-refractivity contribution in [1.82, 2.24) is 0 Å². The largest absolute Gasteiger partial charge is 0.394 e. The highest BCUT2D eigenvalue weighted by Gasteiger charge is 2.59. The molecular formula is C14H26O12S. The highest BCUT2D eigenvalue weighted by Crippen LogP contribution is 2.35. The van der Waals surface area contributed by atoms with E-state index in [9.17, 15) is 39.1 Å². The van der Waals surface area contributed by atoms with Crippen LogP contribution < -0.4 is 0 Å². The molecule has 2 aliphatic rings. The fraction of sp³-hybridized carbons (Fsp3) is 1.00. The number of methoxy groups -OCH3 is 2. The third-order valence-corrected chi connectivity index (χ3v) is 7.39. The van der Waals surface area contributed by atoms with Gasteiger partial charge < -0.3 is 49.6 Å². The van der Waals surface area contributed by atoms with Crippen LogP contribution in [0.2, 0.25) is 0 Å². The Hall–Kier alpha value is -0.450. The van der Waals surface area contributed by atoms with Gasteiger partial charge in [0, 0.05) is 14.2 Å². The van der Waals surface area contributed by atoms with Crippen molar-refractivity contribution in [3.05, 3.63) is 0 Å². The van der Waals surface area contributed by atoms with Crippen LogP contribution in [-0.4, -0.2) is 126 Å². The normalized spacial score (nSPS) is 46.4. The van der Waals surface area contributed by atoms with Crippen LogP contribution in [0, 0.1) is 0 Å². The van der Waals surface area contributed by atoms with Crippen molar-refractivity contribution in [1.29, 1.82) is 0 Å². The molecule has 0 amide bonds. The standard InChI is InChI=1S/C14H26O12S/c1-23-13-11(9(19)7(17)5(3-15)25-13)27(21,22)12-10(20)8(18)6(4-16)26-14(12)24-2/h5-20H,3-4H2,1-2H3/t5-,6-,7-,8-,9+,10+,11+,12+,13+,14+/m1/s1. The average molecular weight is 418 g/mol. The van der Waals surface area contributed by atoms with E-state index >= 15 is 0 Å². The molecule has 27 heavy (non-hydrogen) atoms. The predicted molar refractivity (Wildman–Crippen MR) is 86.0 cm³/mol. The molecule has 2 rings (SSSR count). The number of hydrogen-bond acceptors (Lipinski definition) is 12. The van der Waals surface area contributed by atoms with E-state index < -0.39 is 82.8 Å². The first kappa shape index (κ1) is 22.8. The highest BCUT2D eigenvalue weighted by atomic mass is 32.2. The van der Waals surface area contributed by atoms with Gasteiger partial charge >= 0.3 is 0 Å². The summed E-state index contributed by atoms with van der Waals surface area (Å²) in [5.41, 5.74) is 0. The van der Waals surface area contributed by atoms with Crippen LogP contribution >= 0.6 is 0 Å². The minimum atomic E-state index is -4.62. The Kier molecular flexibility index (Phi) is 7.54. The molecule has 10 atom stereocenters. The Balaban J connectivity index is 2.42. The maximum absolute atomic E-state index is 13.2. The summed E-state index contributed by atoms with van der Waals surface area (Å²) in [6.45, 7) is -1.39. The second kappa shape index (κ2) is 8.92. The molecule has 13 heteroatoms. The molecule has 0 saturated carbocycles. The number of aliphatic hydroxyl groups excluding tert-OH is 6. The van der Waals surface area contributed by atoms with E-state index in [0.717, 1.165) is 14.2 Å². The first-order chi connectivity index (χ1) is 12.6. The smallest absolute Gasteiger partial charge is 0.177 e. The van der Waals surface area contributed by atoms with Gasteiger partial charge in [-0.15, -0.1) is 0 Å². The van der Waals surface area contributed by atoms with Crippen molar-refractivity contribution < 1.29 is 58.0 Å². The molecule has 2 heterocycles. The lowest BCUT2D eigenvalue weighted by molar-refractivity contribution is -0.252. The number of sulfone groups is 1. The Morgan fingerprint density at radius 2 is 1.07 bits per heavy atom. The molecular weight excluding hydrogens is 392 g/mol. The number of hydrogen-bond donors (Lipinski definition) is 6. The van der Waals surface area contributed by atoms with E-state index in [1.807, 2.05) is 0 Å². The summed E-state index contributed by atoms with van der Waals surface area (Å²) in [5.74, 6) is 0. The molecule has 0 aromatic carbocycles. The maximum atomic E-state index is 13.2. The van der Waals surface area contributed by atoms with Crippen molar-refractivity contribution in [3.63, 3.8) is 0 Å². The second-order valence-corrected chi connectivity index (χ2v) is 8.67. The molecule has 0 unspecified atom stereocenters. The first-order valence-electron chi connectivity index (χ1n) is 8.18. The quantitative estimate of drug-likeness (QED) is 0.242. The van der Waals surface area contributed by atoms with Crippen LogP contribution in [0.1, 0.15) is 0 Å². The van der Waals surface area contributed by atoms with Crippen LogP contribution in [0.3, 0.4) is 0 Å². The molecule has 2 aliphatic heterocycles. The number of aliphatic hydroxyl groups is 6. The summed E-state index contributed by atoms with van der Waals surface area (Å²) in [7, 11) is -2.42. The third-order valence-electron chi connectivity index (χ3n) is 4.87. The second-order valence-electron chi connectivity index (χ2n) is 6.40. The van der Waals surface area contributed by atoms with E-state index in [4.69, 9.17) is 18.9 Å². The first-order valence-corrected chi connectivity index (χ1v) is 9.79. The molecule has 2 fully saturated rings. The zero-order valence-corrected chi connectivity index (χ0v) is 15.5. The van der Waals surface area contributed by atoms with Gasteiger partial charge in [0.1, 0.15) is 47.1 Å². The molecule has 160 valence electrons. The average Bonchev–Trinajstić information content (AvgIpc) is 2.64. The van der Waals surface area contributed by atoms with Crippen molar-refractivity contribution in [2.75, 3.05) is 27.4 Å². The van der Waals surface area contributed by atoms with Gasteiger partial charge in [0.2, 0.25) is 0 Å². The Morgan fingerprint density at radius 3 is 1.33 bits per heavy atom. The minimum absolute atomic E-state index is 0.697. The van der Waals surface area contributed by atoms with Gasteiger partial charge in [-0.1, -0.05) is 0 Å². The topological polar surface area (TPSA) is 192 Å². The Labute approximate surface area is 155 Å². The van der Waals surface area contributed by atoms with E-state index in [2.05, 4.69) is 0 Å². The van der Waals surface area contributed by atoms with Gasteiger partial charge in [0.25, 0.3) is 0 Å². The number of rotatable bonds is 6. The lowest BCUT2D eigenvalue weighted by Gasteiger charge is -2.46. The maximum Gasteiger partial charge on any atom is 0.177 e. The summed E-state index contributed by atoms with van der Waals surface area (Å²) in [4.78, 5) is 0. The van der Waals surface area contributed by atoms with Gasteiger partial charge in [-0.2, -0.15) is 0 Å². The lowest BCUT2D eigenvalue weighted by Crippen LogP contribution is -2.68. The summed E-state index contributed by atoms with van der Waals surface area (Å²) in [6, 6.07) is 0. The third kappa shape index (κ3) is 4.00. The fourth-order valence-corrected chi connectivity index (χ4v) is 5.80. The zero-order chi connectivity index (χ0) is 20.5. The summed E-state index contributed by atoms with van der Waals surface area (Å²) < 4.78 is 46.7. The van der Waals surface area contributed by atoms with Crippen LogP contribution in [-0.2, 0) is 28.8 Å². The zero-order valence-electron chi connectivity index (χ0n) is 14.7. The van der Waals surface area contributed by atoms with E-state index in [1.165, 1.54) is 0 Å². The summed E-state index contributed by atoms with van der Waals surface area (Å²) in [5, 5.41) is 55.4. The van der Waals surface area contributed by atoms with Crippen molar-refractivity contribution >= 4 is 9.84 Å². The van der Waals surface area contributed by atoms with Crippen LogP contribution in [0.15, 0.2) is 0 Å². The van der Waals surface area contributed by atoms with Gasteiger partial charge in [0.05, 0.1) is 13.2 Å². The highest BCUT2D eigenvalue weighted by molar-refractivity contribution is 7.92. The molecule has 0 spiro atoms. The van der Waals surface area contributed by atoms with Crippen LogP contribution in [0.4, 0.5) is 0 Å². The molecule has 6 N–H and O–H groups in total. The van der Waals surface area contributed by atoms with E-state index in [-0.39, 0.29) is 0 Å². The lowest BCUT2D eigenvalue weighted by atomic mass is 10.0. The molecule has 2 saturated heterocycles. The molecule has 0 radical (unpaired) electrons. The van der Waals surface area contributed by atoms with Crippen LogP contribution in [0.25, 0.3) is 0 Å². The molecule has 0 bridgehead atoms. The van der Waals surface area contributed by atoms with Crippen molar-refractivity contribution in [3.8, 4) is 0 Å². The predicted octanol–water partition coefficient (Wildman–Crippen LogP) is -4.69. The van der Waals surface area contributed by atoms with Gasteiger partial charge in [-0.05, 0) is 0 Å². The molecule has 0 aromatic rings. The van der Waals surface area contributed by atoms with Gasteiger partial charge in [-0.25, -0.2) is 8.42 Å². The summed E-state index contributed by atoms with van der Waals surface area (Å²) in [6.07, 6.45) is -13.1. The van der Waals surface area contributed by atoms with E-state index in [0.29, 0.717) is 0 Å². The van der Waals surface area contributed by atoms with Gasteiger partial charge in [-0.3, -0.25) is 0 Å². The van der Waals surface area contributed by atoms with Gasteiger partial charge in [0.15, 0.2) is 22.4 Å². The molecule has 0 aromatic heterocycles. The van der Waals surface area contributed by atoms with Crippen molar-refractivity contribution in [2.24, 2.45) is 0 Å². The molecule has 12 nitrogen and oxygen atoms in total. The summed E-state index contributed by atoms with van der Waals surface area (Å²) >= 11 is 0. The molecule has 0 aliphatic carbocycles. The van der Waals surface area contributed by atoms with Crippen molar-refractivity contribution in [2.45, 2.75) is 59.7 Å². The SMILES string of the molecule is CO[C@H]1O[C@H](CO)[C@@H](O)[C@H](O)[C@@H]1S(=O)(=O)[C@@H]1[C@@H](OC)O[C@H](CO)[C@@H](O)[C@@H]1O. The minimum Gasteiger partial charge on any atom is -0.394 e. The Bertz CT molecular complexity index is 537. The van der Waals surface area contributed by atoms with Crippen LogP contribution in [0.5, 0.6) is 0 Å². The fourth-order valence-electron chi connectivity index (χ4n) is 3.37. The monoisotopic (exact) mass is 418 g/mol. The Morgan fingerprint density at radius 1 is 0.741 bits per heavy atom. The number of ether oxygens (including phenoxy) is 4.